The molecule has 0 spiro atoms. The average molecular weight is 852 g/mol. The van der Waals surface area contributed by atoms with E-state index < -0.39 is 59.8 Å². The predicted molar refractivity (Wildman–Crippen MR) is 226 cm³/mol. The molecule has 8 rings (SSSR count). The zero-order valence-electron chi connectivity index (χ0n) is 33.4. The number of nitrogens with one attached hydrogen (secondary N) is 1. The SMILES string of the molecule is CC#Cc1c[nH]c(=O)n([C@H]2C[C@H](O[P@]3O[C@H](CS(=O)(=O)c4ccccc4)[C@@H]4CCCN43)[C@@H](COC(c3ccccc3)(c3ccc(OC)cc3)c3ccc(OC)cc3)O2)c1=O. The Labute approximate surface area is 350 Å². The number of nitrogens with zero attached hydrogens (tertiary/aromatic N) is 2. The Morgan fingerprint density at radius 2 is 1.47 bits per heavy atom. The van der Waals surface area contributed by atoms with Crippen molar-refractivity contribution < 1.29 is 36.4 Å². The van der Waals surface area contributed by atoms with Crippen LogP contribution in [0.5, 0.6) is 11.5 Å². The van der Waals surface area contributed by atoms with Gasteiger partial charge in [-0.2, -0.15) is 0 Å². The number of hydrogen-bond acceptors (Lipinski definition) is 11. The lowest BCUT2D eigenvalue weighted by Gasteiger charge is -2.37. The lowest BCUT2D eigenvalue weighted by molar-refractivity contribution is -0.0925. The van der Waals surface area contributed by atoms with Crippen LogP contribution in [0, 0.1) is 11.8 Å². The molecule has 0 bridgehead atoms. The van der Waals surface area contributed by atoms with E-state index in [9.17, 15) is 18.0 Å². The molecule has 1 aromatic heterocycles. The van der Waals surface area contributed by atoms with Crippen LogP contribution in [0.15, 0.2) is 130 Å². The van der Waals surface area contributed by atoms with Crippen LogP contribution in [-0.4, -0.2) is 80.1 Å². The second kappa shape index (κ2) is 17.9. The number of aromatic nitrogens is 2. The normalized spacial score (nSPS) is 22.9. The van der Waals surface area contributed by atoms with E-state index in [0.29, 0.717) is 18.0 Å². The van der Waals surface area contributed by atoms with Gasteiger partial charge in [0, 0.05) is 25.2 Å². The number of rotatable bonds is 14. The van der Waals surface area contributed by atoms with Crippen LogP contribution in [0.3, 0.4) is 0 Å². The number of hydrogen-bond donors (Lipinski definition) is 1. The van der Waals surface area contributed by atoms with Crippen LogP contribution >= 0.6 is 8.53 Å². The zero-order valence-corrected chi connectivity index (χ0v) is 35.1. The summed E-state index contributed by atoms with van der Waals surface area (Å²) in [5, 5.41) is 0. The van der Waals surface area contributed by atoms with Crippen molar-refractivity contribution in [1.82, 2.24) is 14.2 Å². The molecule has 4 aromatic carbocycles. The number of ether oxygens (including phenoxy) is 4. The van der Waals surface area contributed by atoms with Crippen LogP contribution in [0.4, 0.5) is 0 Å². The molecule has 0 unspecified atom stereocenters. The first kappa shape index (κ1) is 41.6. The Morgan fingerprint density at radius 3 is 2.08 bits per heavy atom. The molecular weight excluding hydrogens is 806 g/mol. The van der Waals surface area contributed by atoms with E-state index in [2.05, 4.69) is 21.5 Å². The summed E-state index contributed by atoms with van der Waals surface area (Å²) < 4.78 is 68.6. The molecule has 3 aliphatic rings. The Kier molecular flexibility index (Phi) is 12.4. The molecule has 1 N–H and O–H groups in total. The van der Waals surface area contributed by atoms with Gasteiger partial charge in [-0.3, -0.25) is 4.79 Å². The quantitative estimate of drug-likeness (QED) is 0.0778. The van der Waals surface area contributed by atoms with Crippen molar-refractivity contribution in [3.8, 4) is 23.3 Å². The van der Waals surface area contributed by atoms with Crippen molar-refractivity contribution in [2.24, 2.45) is 0 Å². The second-order valence-corrected chi connectivity index (χ2v) is 18.2. The molecule has 60 heavy (non-hydrogen) atoms. The van der Waals surface area contributed by atoms with Crippen LogP contribution in [0.2, 0.25) is 0 Å². The van der Waals surface area contributed by atoms with Gasteiger partial charge in [0.25, 0.3) is 14.1 Å². The highest BCUT2D eigenvalue weighted by molar-refractivity contribution is 7.91. The van der Waals surface area contributed by atoms with E-state index >= 15 is 0 Å². The van der Waals surface area contributed by atoms with Crippen molar-refractivity contribution in [2.45, 2.75) is 67.3 Å². The monoisotopic (exact) mass is 851 g/mol. The van der Waals surface area contributed by atoms with Crippen molar-refractivity contribution in [3.05, 3.63) is 158 Å². The van der Waals surface area contributed by atoms with Gasteiger partial charge in [0.1, 0.15) is 35.0 Å². The molecule has 4 heterocycles. The van der Waals surface area contributed by atoms with Gasteiger partial charge in [0.15, 0.2) is 9.84 Å². The summed E-state index contributed by atoms with van der Waals surface area (Å²) in [6.07, 6.45) is -0.251. The van der Waals surface area contributed by atoms with Crippen molar-refractivity contribution in [2.75, 3.05) is 33.1 Å². The third kappa shape index (κ3) is 8.19. The summed E-state index contributed by atoms with van der Waals surface area (Å²) >= 11 is 0. The average Bonchev–Trinajstić information content (AvgIpc) is 4.00. The second-order valence-electron chi connectivity index (χ2n) is 14.7. The van der Waals surface area contributed by atoms with Crippen LogP contribution in [0.1, 0.15) is 54.7 Å². The summed E-state index contributed by atoms with van der Waals surface area (Å²) in [5.41, 5.74) is 0.0932. The summed E-state index contributed by atoms with van der Waals surface area (Å²) in [7, 11) is -2.22. The summed E-state index contributed by atoms with van der Waals surface area (Å²) in [6.45, 7) is 2.21. The molecule has 3 saturated heterocycles. The van der Waals surface area contributed by atoms with Gasteiger partial charge < -0.3 is 33.0 Å². The van der Waals surface area contributed by atoms with Crippen LogP contribution < -0.4 is 20.7 Å². The molecule has 3 fully saturated rings. The fraction of sp³-hybridized carbons (Fsp3) is 0.333. The lowest BCUT2D eigenvalue weighted by Crippen LogP contribution is -2.40. The van der Waals surface area contributed by atoms with Crippen LogP contribution in [0.25, 0.3) is 0 Å². The molecular formula is C45H46N3O10PS. The van der Waals surface area contributed by atoms with E-state index in [1.807, 2.05) is 78.9 Å². The molecule has 312 valence electrons. The molecule has 5 aromatic rings. The maximum atomic E-state index is 13.7. The Morgan fingerprint density at radius 1 is 0.850 bits per heavy atom. The minimum Gasteiger partial charge on any atom is -0.497 e. The van der Waals surface area contributed by atoms with Crippen LogP contribution in [-0.2, 0) is 34.0 Å². The van der Waals surface area contributed by atoms with Crippen molar-refractivity contribution in [3.63, 3.8) is 0 Å². The third-order valence-electron chi connectivity index (χ3n) is 11.2. The number of benzene rings is 4. The van der Waals surface area contributed by atoms with E-state index in [1.165, 1.54) is 6.20 Å². The van der Waals surface area contributed by atoms with Gasteiger partial charge in [-0.15, -0.1) is 5.92 Å². The standard InChI is InChI=1S/C45H46N3O10PS/c1-4-12-31-28-46-44(50)48(43(31)49)42-27-39(57-59-47-26-11-17-38(47)41(58-59)30-60(51,52)37-15-9-6-10-16-37)40(56-42)29-55-45(32-13-7-5-8-14-32,33-18-22-35(53-2)23-19-33)34-20-24-36(54-3)25-21-34/h5-10,13-16,18-25,28,38-42H,11,17,26-27,29-30H2,1-3H3,(H,46,50)/t38-,39-,40+,41+,42+,59+/m0/s1. The molecule has 0 radical (unpaired) electrons. The van der Waals surface area contributed by atoms with Gasteiger partial charge >= 0.3 is 5.69 Å². The minimum atomic E-state index is -3.66. The maximum Gasteiger partial charge on any atom is 0.330 e. The maximum absolute atomic E-state index is 13.7. The van der Waals surface area contributed by atoms with Gasteiger partial charge in [-0.25, -0.2) is 22.4 Å². The topological polar surface area (TPSA) is 148 Å². The number of methoxy groups -OCH3 is 2. The first-order valence-corrected chi connectivity index (χ1v) is 22.5. The first-order chi connectivity index (χ1) is 29.1. The first-order valence-electron chi connectivity index (χ1n) is 19.7. The minimum absolute atomic E-state index is 0.0619. The van der Waals surface area contributed by atoms with Gasteiger partial charge in [0.2, 0.25) is 0 Å². The Hall–Kier alpha value is -5.10. The molecule has 0 aliphatic carbocycles. The van der Waals surface area contributed by atoms with E-state index in [-0.39, 0.29) is 35.3 Å². The Bertz CT molecular complexity index is 2510. The summed E-state index contributed by atoms with van der Waals surface area (Å²) in [4.78, 5) is 30.0. The smallest absolute Gasteiger partial charge is 0.330 e. The fourth-order valence-corrected chi connectivity index (χ4v) is 11.9. The molecule has 6 atom stereocenters. The number of aromatic amines is 1. The van der Waals surface area contributed by atoms with Crippen molar-refractivity contribution >= 4 is 18.4 Å². The molecule has 15 heteroatoms. The highest BCUT2D eigenvalue weighted by atomic mass is 32.2. The summed E-state index contributed by atoms with van der Waals surface area (Å²) in [5.74, 6) is 6.64. The highest BCUT2D eigenvalue weighted by Crippen LogP contribution is 2.58. The highest BCUT2D eigenvalue weighted by Gasteiger charge is 2.51. The number of sulfone groups is 1. The molecule has 0 saturated carbocycles. The number of fused-ring (bicyclic) bond motifs is 1. The third-order valence-corrected chi connectivity index (χ3v) is 14.8. The van der Waals surface area contributed by atoms with Gasteiger partial charge in [-0.05, 0) is 72.9 Å². The molecule has 0 amide bonds. The summed E-state index contributed by atoms with van der Waals surface area (Å²) in [6, 6.07) is 33.3. The largest absolute Gasteiger partial charge is 0.497 e. The fourth-order valence-electron chi connectivity index (χ4n) is 8.26. The zero-order chi connectivity index (χ0) is 41.9. The molecule has 3 aliphatic heterocycles. The van der Waals surface area contributed by atoms with E-state index in [4.69, 9.17) is 28.0 Å². The van der Waals surface area contributed by atoms with E-state index in [1.54, 1.807) is 51.5 Å². The molecule has 13 nitrogen and oxygen atoms in total. The predicted octanol–water partition coefficient (Wildman–Crippen LogP) is 6.17. The van der Waals surface area contributed by atoms with Gasteiger partial charge in [-0.1, -0.05) is 78.7 Å². The van der Waals surface area contributed by atoms with Gasteiger partial charge in [0.05, 0.1) is 43.7 Å². The number of H-pyrrole nitrogens is 1. The van der Waals surface area contributed by atoms with E-state index in [0.717, 1.165) is 34.1 Å². The van der Waals surface area contributed by atoms with Crippen molar-refractivity contribution in [1.29, 1.82) is 0 Å². The lowest BCUT2D eigenvalue weighted by atomic mass is 9.80. The Balaban J connectivity index is 1.16.